The minimum Gasteiger partial charge on any atom is -0.304 e. The molecule has 0 heterocycles. The van der Waals surface area contributed by atoms with Crippen molar-refractivity contribution in [3.05, 3.63) is 12.7 Å². The van der Waals surface area contributed by atoms with E-state index in [0.29, 0.717) is 6.54 Å². The molecule has 0 spiro atoms. The standard InChI is InChI=1S/C8H15NO/c1-3-5-8(7-10)9-6-4-2/h4,7-9H,2-3,5-6H2,1H3. The van der Waals surface area contributed by atoms with Gasteiger partial charge in [0.2, 0.25) is 0 Å². The highest BCUT2D eigenvalue weighted by Gasteiger charge is 2.01. The summed E-state index contributed by atoms with van der Waals surface area (Å²) in [4.78, 5) is 10.3. The van der Waals surface area contributed by atoms with Crippen LogP contribution in [0.1, 0.15) is 19.8 Å². The van der Waals surface area contributed by atoms with Crippen LogP contribution in [0.5, 0.6) is 0 Å². The Bertz CT molecular complexity index is 101. The third kappa shape index (κ3) is 4.27. The van der Waals surface area contributed by atoms with Crippen LogP contribution in [0.4, 0.5) is 0 Å². The van der Waals surface area contributed by atoms with Gasteiger partial charge in [0, 0.05) is 6.54 Å². The lowest BCUT2D eigenvalue weighted by molar-refractivity contribution is -0.109. The van der Waals surface area contributed by atoms with E-state index in [1.165, 1.54) is 0 Å². The van der Waals surface area contributed by atoms with Gasteiger partial charge in [0.1, 0.15) is 6.29 Å². The molecule has 2 heteroatoms. The fraction of sp³-hybridized carbons (Fsp3) is 0.625. The van der Waals surface area contributed by atoms with E-state index in [0.717, 1.165) is 19.1 Å². The van der Waals surface area contributed by atoms with Crippen LogP contribution in [0.25, 0.3) is 0 Å². The molecule has 0 aliphatic rings. The van der Waals surface area contributed by atoms with Gasteiger partial charge in [-0.15, -0.1) is 6.58 Å². The minimum absolute atomic E-state index is 0.0167. The molecule has 58 valence electrons. The number of nitrogens with one attached hydrogen (secondary N) is 1. The second-order valence-electron chi connectivity index (χ2n) is 2.23. The quantitative estimate of drug-likeness (QED) is 0.444. The predicted octanol–water partition coefficient (Wildman–Crippen LogP) is 1.13. The second-order valence-corrected chi connectivity index (χ2v) is 2.23. The highest BCUT2D eigenvalue weighted by molar-refractivity contribution is 5.57. The Morgan fingerprint density at radius 3 is 2.80 bits per heavy atom. The number of carbonyl (C=O) groups is 1. The Morgan fingerprint density at radius 1 is 1.70 bits per heavy atom. The van der Waals surface area contributed by atoms with E-state index in [2.05, 4.69) is 18.8 Å². The monoisotopic (exact) mass is 141 g/mol. The molecule has 0 aromatic rings. The Morgan fingerprint density at radius 2 is 2.40 bits per heavy atom. The van der Waals surface area contributed by atoms with E-state index in [1.807, 2.05) is 0 Å². The summed E-state index contributed by atoms with van der Waals surface area (Å²) in [7, 11) is 0. The van der Waals surface area contributed by atoms with Crippen LogP contribution in [-0.2, 0) is 4.79 Å². The maximum absolute atomic E-state index is 10.3. The maximum Gasteiger partial charge on any atom is 0.136 e. The van der Waals surface area contributed by atoms with E-state index in [1.54, 1.807) is 6.08 Å². The molecule has 0 rings (SSSR count). The van der Waals surface area contributed by atoms with Crippen LogP contribution in [0, 0.1) is 0 Å². The van der Waals surface area contributed by atoms with E-state index in [4.69, 9.17) is 0 Å². The van der Waals surface area contributed by atoms with Gasteiger partial charge < -0.3 is 10.1 Å². The molecule has 0 aliphatic carbocycles. The molecule has 1 unspecified atom stereocenters. The van der Waals surface area contributed by atoms with Crippen molar-refractivity contribution in [3.8, 4) is 0 Å². The van der Waals surface area contributed by atoms with Crippen molar-refractivity contribution in [2.75, 3.05) is 6.54 Å². The predicted molar refractivity (Wildman–Crippen MR) is 43.0 cm³/mol. The Hall–Kier alpha value is -0.630. The number of hydrogen-bond donors (Lipinski definition) is 1. The largest absolute Gasteiger partial charge is 0.304 e. The highest BCUT2D eigenvalue weighted by Crippen LogP contribution is 1.91. The van der Waals surface area contributed by atoms with Crippen LogP contribution in [0.15, 0.2) is 12.7 Å². The maximum atomic E-state index is 10.3. The van der Waals surface area contributed by atoms with E-state index >= 15 is 0 Å². The van der Waals surface area contributed by atoms with Gasteiger partial charge in [-0.05, 0) is 6.42 Å². The third-order valence-corrected chi connectivity index (χ3v) is 1.29. The molecule has 2 nitrogen and oxygen atoms in total. The first-order valence-corrected chi connectivity index (χ1v) is 3.64. The van der Waals surface area contributed by atoms with Crippen molar-refractivity contribution < 1.29 is 4.79 Å². The molecule has 0 radical (unpaired) electrons. The molecule has 0 aromatic carbocycles. The lowest BCUT2D eigenvalue weighted by Crippen LogP contribution is -2.30. The van der Waals surface area contributed by atoms with Gasteiger partial charge in [-0.2, -0.15) is 0 Å². The zero-order valence-corrected chi connectivity index (χ0v) is 6.47. The zero-order valence-electron chi connectivity index (χ0n) is 6.47. The lowest BCUT2D eigenvalue weighted by Gasteiger charge is -2.07. The van der Waals surface area contributed by atoms with Crippen molar-refractivity contribution in [2.45, 2.75) is 25.8 Å². The summed E-state index contributed by atoms with van der Waals surface area (Å²) in [5, 5.41) is 3.03. The van der Waals surface area contributed by atoms with Gasteiger partial charge in [0.05, 0.1) is 6.04 Å². The molecule has 0 fully saturated rings. The first-order chi connectivity index (χ1) is 4.85. The molecular formula is C8H15NO. The van der Waals surface area contributed by atoms with Crippen LogP contribution in [0.2, 0.25) is 0 Å². The first-order valence-electron chi connectivity index (χ1n) is 3.64. The van der Waals surface area contributed by atoms with E-state index in [9.17, 15) is 4.79 Å². The van der Waals surface area contributed by atoms with Gasteiger partial charge in [0.15, 0.2) is 0 Å². The first kappa shape index (κ1) is 9.37. The Labute approximate surface area is 62.3 Å². The zero-order chi connectivity index (χ0) is 7.82. The summed E-state index contributed by atoms with van der Waals surface area (Å²) in [5.74, 6) is 0. The molecule has 1 atom stereocenters. The fourth-order valence-electron chi connectivity index (χ4n) is 0.764. The molecule has 0 amide bonds. The van der Waals surface area contributed by atoms with Gasteiger partial charge in [0.25, 0.3) is 0 Å². The molecule has 0 aromatic heterocycles. The molecule has 0 aliphatic heterocycles. The minimum atomic E-state index is 0.0167. The van der Waals surface area contributed by atoms with Crippen molar-refractivity contribution in [1.82, 2.24) is 5.32 Å². The van der Waals surface area contributed by atoms with Crippen molar-refractivity contribution >= 4 is 6.29 Å². The molecular weight excluding hydrogens is 126 g/mol. The van der Waals surface area contributed by atoms with Crippen molar-refractivity contribution in [2.24, 2.45) is 0 Å². The SMILES string of the molecule is C=CCNC(C=O)CCC. The van der Waals surface area contributed by atoms with Gasteiger partial charge in [-0.3, -0.25) is 0 Å². The summed E-state index contributed by atoms with van der Waals surface area (Å²) < 4.78 is 0. The molecule has 0 saturated heterocycles. The molecule has 10 heavy (non-hydrogen) atoms. The number of rotatable bonds is 6. The Balaban J connectivity index is 3.38. The lowest BCUT2D eigenvalue weighted by atomic mass is 10.2. The fourth-order valence-corrected chi connectivity index (χ4v) is 0.764. The van der Waals surface area contributed by atoms with Crippen LogP contribution >= 0.6 is 0 Å². The smallest absolute Gasteiger partial charge is 0.136 e. The van der Waals surface area contributed by atoms with Gasteiger partial charge in [-0.25, -0.2) is 0 Å². The number of carbonyl (C=O) groups excluding carboxylic acids is 1. The summed E-state index contributed by atoms with van der Waals surface area (Å²) in [6, 6.07) is 0.0167. The normalized spacial score (nSPS) is 12.5. The summed E-state index contributed by atoms with van der Waals surface area (Å²) in [6.45, 7) is 6.32. The summed E-state index contributed by atoms with van der Waals surface area (Å²) in [5.41, 5.74) is 0. The van der Waals surface area contributed by atoms with Crippen LogP contribution < -0.4 is 5.32 Å². The van der Waals surface area contributed by atoms with Crippen molar-refractivity contribution in [1.29, 1.82) is 0 Å². The average Bonchev–Trinajstić information content (AvgIpc) is 1.98. The van der Waals surface area contributed by atoms with Gasteiger partial charge >= 0.3 is 0 Å². The third-order valence-electron chi connectivity index (χ3n) is 1.29. The van der Waals surface area contributed by atoms with E-state index in [-0.39, 0.29) is 6.04 Å². The molecule has 0 bridgehead atoms. The van der Waals surface area contributed by atoms with Gasteiger partial charge in [-0.1, -0.05) is 19.4 Å². The molecule has 0 saturated carbocycles. The Kier molecular flexibility index (Phi) is 6.08. The molecule has 1 N–H and O–H groups in total. The summed E-state index contributed by atoms with van der Waals surface area (Å²) >= 11 is 0. The average molecular weight is 141 g/mol. The van der Waals surface area contributed by atoms with Crippen LogP contribution in [0.3, 0.4) is 0 Å². The van der Waals surface area contributed by atoms with Crippen molar-refractivity contribution in [3.63, 3.8) is 0 Å². The van der Waals surface area contributed by atoms with E-state index < -0.39 is 0 Å². The van der Waals surface area contributed by atoms with Crippen LogP contribution in [-0.4, -0.2) is 18.9 Å². The number of aldehydes is 1. The highest BCUT2D eigenvalue weighted by atomic mass is 16.1. The number of hydrogen-bond acceptors (Lipinski definition) is 2. The topological polar surface area (TPSA) is 29.1 Å². The second kappa shape index (κ2) is 6.49. The summed E-state index contributed by atoms with van der Waals surface area (Å²) in [6.07, 6.45) is 4.66.